The molecule has 0 fully saturated rings. The summed E-state index contributed by atoms with van der Waals surface area (Å²) in [5, 5.41) is 7.29. The minimum absolute atomic E-state index is 0.879. The summed E-state index contributed by atoms with van der Waals surface area (Å²) >= 11 is 0. The van der Waals surface area contributed by atoms with Crippen molar-refractivity contribution in [2.24, 2.45) is 0 Å². The fourth-order valence-electron chi connectivity index (χ4n) is 1.18. The number of hydrogen-bond donors (Lipinski definition) is 1. The Morgan fingerprint density at radius 2 is 1.92 bits per heavy atom. The van der Waals surface area contributed by atoms with Crippen LogP contribution in [-0.4, -0.2) is 16.8 Å². The van der Waals surface area contributed by atoms with E-state index >= 15 is 0 Å². The van der Waals surface area contributed by atoms with Crippen molar-refractivity contribution in [3.8, 4) is 5.69 Å². The molecule has 0 aliphatic rings. The van der Waals surface area contributed by atoms with Gasteiger partial charge in [0.25, 0.3) is 0 Å². The molecule has 0 spiro atoms. The number of nitrogens with zero attached hydrogens (tertiary/aromatic N) is 2. The monoisotopic (exact) mass is 173 g/mol. The lowest BCUT2D eigenvalue weighted by molar-refractivity contribution is 0.883. The fourth-order valence-corrected chi connectivity index (χ4v) is 1.18. The van der Waals surface area contributed by atoms with Crippen LogP contribution in [0.4, 0.5) is 5.82 Å². The third-order valence-corrected chi connectivity index (χ3v) is 1.87. The van der Waals surface area contributed by atoms with Gasteiger partial charge in [0.2, 0.25) is 0 Å². The quantitative estimate of drug-likeness (QED) is 0.751. The standard InChI is InChI=1S/C10H11N3/c1-11-10-7-8-13(12-10)9-5-3-2-4-6-9/h2-8H,1H3,(H,11,12). The summed E-state index contributed by atoms with van der Waals surface area (Å²) in [5.74, 6) is 0.879. The van der Waals surface area contributed by atoms with E-state index in [2.05, 4.69) is 10.4 Å². The van der Waals surface area contributed by atoms with Gasteiger partial charge in [-0.1, -0.05) is 18.2 Å². The van der Waals surface area contributed by atoms with E-state index < -0.39 is 0 Å². The topological polar surface area (TPSA) is 29.9 Å². The third kappa shape index (κ3) is 1.54. The molecule has 66 valence electrons. The van der Waals surface area contributed by atoms with Crippen LogP contribution in [-0.2, 0) is 0 Å². The van der Waals surface area contributed by atoms with E-state index in [1.807, 2.05) is 54.3 Å². The van der Waals surface area contributed by atoms with Crippen LogP contribution in [0, 0.1) is 0 Å². The molecule has 2 rings (SSSR count). The Morgan fingerprint density at radius 1 is 1.15 bits per heavy atom. The van der Waals surface area contributed by atoms with Crippen molar-refractivity contribution in [1.29, 1.82) is 0 Å². The van der Waals surface area contributed by atoms with Gasteiger partial charge < -0.3 is 5.32 Å². The second kappa shape index (κ2) is 3.31. The van der Waals surface area contributed by atoms with Crippen molar-refractivity contribution in [3.63, 3.8) is 0 Å². The fraction of sp³-hybridized carbons (Fsp3) is 0.100. The summed E-state index contributed by atoms with van der Waals surface area (Å²) in [6.07, 6.45) is 1.93. The van der Waals surface area contributed by atoms with Crippen LogP contribution in [0.5, 0.6) is 0 Å². The van der Waals surface area contributed by atoms with E-state index in [0.717, 1.165) is 11.5 Å². The summed E-state index contributed by atoms with van der Waals surface area (Å²) in [5.41, 5.74) is 1.07. The molecule has 0 radical (unpaired) electrons. The molecule has 0 unspecified atom stereocenters. The highest BCUT2D eigenvalue weighted by atomic mass is 15.3. The second-order valence-corrected chi connectivity index (χ2v) is 2.73. The van der Waals surface area contributed by atoms with Crippen LogP contribution in [0.3, 0.4) is 0 Å². The molecule has 0 atom stereocenters. The molecular weight excluding hydrogens is 162 g/mol. The second-order valence-electron chi connectivity index (χ2n) is 2.73. The molecule has 1 N–H and O–H groups in total. The van der Waals surface area contributed by atoms with Gasteiger partial charge >= 0.3 is 0 Å². The SMILES string of the molecule is CNc1ccn(-c2ccccc2)n1. The first-order chi connectivity index (χ1) is 6.40. The maximum Gasteiger partial charge on any atom is 0.148 e. The van der Waals surface area contributed by atoms with Gasteiger partial charge in [0.1, 0.15) is 5.82 Å². The Balaban J connectivity index is 2.36. The van der Waals surface area contributed by atoms with Crippen molar-refractivity contribution in [2.75, 3.05) is 12.4 Å². The molecule has 1 aromatic carbocycles. The van der Waals surface area contributed by atoms with Crippen molar-refractivity contribution in [2.45, 2.75) is 0 Å². The predicted molar refractivity (Wildman–Crippen MR) is 53.1 cm³/mol. The summed E-state index contributed by atoms with van der Waals surface area (Å²) in [7, 11) is 1.86. The van der Waals surface area contributed by atoms with Crippen LogP contribution >= 0.6 is 0 Å². The molecule has 1 heterocycles. The molecule has 13 heavy (non-hydrogen) atoms. The van der Waals surface area contributed by atoms with Crippen molar-refractivity contribution < 1.29 is 0 Å². The van der Waals surface area contributed by atoms with E-state index in [-0.39, 0.29) is 0 Å². The van der Waals surface area contributed by atoms with Gasteiger partial charge in [-0.25, -0.2) is 4.68 Å². The first kappa shape index (κ1) is 7.86. The average Bonchev–Trinajstić information content (AvgIpc) is 2.67. The van der Waals surface area contributed by atoms with E-state index in [9.17, 15) is 0 Å². The highest BCUT2D eigenvalue weighted by Gasteiger charge is 1.96. The molecule has 1 aromatic heterocycles. The molecule has 0 aliphatic heterocycles. The van der Waals surface area contributed by atoms with Crippen LogP contribution in [0.2, 0.25) is 0 Å². The maximum absolute atomic E-state index is 4.30. The molecule has 0 saturated heterocycles. The highest BCUT2D eigenvalue weighted by molar-refractivity contribution is 5.37. The van der Waals surface area contributed by atoms with Gasteiger partial charge in [-0.2, -0.15) is 5.10 Å². The summed E-state index contributed by atoms with van der Waals surface area (Å²) in [6.45, 7) is 0. The van der Waals surface area contributed by atoms with Crippen molar-refractivity contribution >= 4 is 5.82 Å². The van der Waals surface area contributed by atoms with Gasteiger partial charge in [0, 0.05) is 19.3 Å². The zero-order chi connectivity index (χ0) is 9.10. The third-order valence-electron chi connectivity index (χ3n) is 1.87. The smallest absolute Gasteiger partial charge is 0.148 e. The number of nitrogens with one attached hydrogen (secondary N) is 1. The van der Waals surface area contributed by atoms with Gasteiger partial charge in [-0.3, -0.25) is 0 Å². The lowest BCUT2D eigenvalue weighted by atomic mass is 10.3. The molecule has 0 bridgehead atoms. The van der Waals surface area contributed by atoms with Crippen LogP contribution in [0.25, 0.3) is 5.69 Å². The largest absolute Gasteiger partial charge is 0.372 e. The minimum atomic E-state index is 0.879. The molecule has 2 aromatic rings. The van der Waals surface area contributed by atoms with Gasteiger partial charge in [-0.15, -0.1) is 0 Å². The van der Waals surface area contributed by atoms with E-state index in [1.54, 1.807) is 0 Å². The van der Waals surface area contributed by atoms with E-state index in [0.29, 0.717) is 0 Å². The molecular formula is C10H11N3. The Hall–Kier alpha value is -1.77. The first-order valence-corrected chi connectivity index (χ1v) is 4.19. The van der Waals surface area contributed by atoms with Crippen LogP contribution in [0.1, 0.15) is 0 Å². The first-order valence-electron chi connectivity index (χ1n) is 4.19. The number of benzene rings is 1. The zero-order valence-electron chi connectivity index (χ0n) is 7.44. The lowest BCUT2D eigenvalue weighted by Crippen LogP contribution is -1.95. The number of aromatic nitrogens is 2. The molecule has 3 nitrogen and oxygen atoms in total. The van der Waals surface area contributed by atoms with E-state index in [1.165, 1.54) is 0 Å². The average molecular weight is 173 g/mol. The van der Waals surface area contributed by atoms with Crippen molar-refractivity contribution in [3.05, 3.63) is 42.6 Å². The minimum Gasteiger partial charge on any atom is -0.372 e. The van der Waals surface area contributed by atoms with E-state index in [4.69, 9.17) is 0 Å². The summed E-state index contributed by atoms with van der Waals surface area (Å²) in [4.78, 5) is 0. The lowest BCUT2D eigenvalue weighted by Gasteiger charge is -1.99. The molecule has 0 aliphatic carbocycles. The molecule has 0 saturated carbocycles. The Bertz CT molecular complexity index is 378. The Morgan fingerprint density at radius 3 is 2.54 bits per heavy atom. The van der Waals surface area contributed by atoms with Gasteiger partial charge in [0.05, 0.1) is 5.69 Å². The summed E-state index contributed by atoms with van der Waals surface area (Å²) in [6, 6.07) is 12.0. The zero-order valence-corrected chi connectivity index (χ0v) is 7.44. The number of para-hydroxylation sites is 1. The number of hydrogen-bond acceptors (Lipinski definition) is 2. The predicted octanol–water partition coefficient (Wildman–Crippen LogP) is 1.91. The summed E-state index contributed by atoms with van der Waals surface area (Å²) < 4.78 is 1.84. The Kier molecular flexibility index (Phi) is 2.00. The number of anilines is 1. The van der Waals surface area contributed by atoms with Gasteiger partial charge in [0.15, 0.2) is 0 Å². The van der Waals surface area contributed by atoms with Crippen LogP contribution < -0.4 is 5.32 Å². The molecule has 3 heteroatoms. The number of rotatable bonds is 2. The molecule has 0 amide bonds. The van der Waals surface area contributed by atoms with Crippen molar-refractivity contribution in [1.82, 2.24) is 9.78 Å². The van der Waals surface area contributed by atoms with Crippen LogP contribution in [0.15, 0.2) is 42.6 Å². The Labute approximate surface area is 77.0 Å². The van der Waals surface area contributed by atoms with Gasteiger partial charge in [-0.05, 0) is 12.1 Å². The highest BCUT2D eigenvalue weighted by Crippen LogP contribution is 2.08. The maximum atomic E-state index is 4.30. The normalized spacial score (nSPS) is 9.92.